The molecule has 0 amide bonds. The minimum absolute atomic E-state index is 0.321. The van der Waals surface area contributed by atoms with E-state index in [0.29, 0.717) is 22.8 Å². The van der Waals surface area contributed by atoms with Crippen LogP contribution in [0.1, 0.15) is 29.9 Å². The normalized spacial score (nSPS) is 9.93. The fraction of sp³-hybridized carbons (Fsp3) is 0.174. The Morgan fingerprint density at radius 2 is 1.79 bits per heavy atom. The van der Waals surface area contributed by atoms with Crippen LogP contribution in [-0.2, 0) is 4.74 Å². The molecule has 2 N–H and O–H groups in total. The predicted octanol–water partition coefficient (Wildman–Crippen LogP) is 6.11. The average molecular weight is 454 g/mol. The van der Waals surface area contributed by atoms with Gasteiger partial charge < -0.3 is 15.5 Å². The van der Waals surface area contributed by atoms with Crippen LogP contribution in [0.5, 0.6) is 0 Å². The summed E-state index contributed by atoms with van der Waals surface area (Å²) in [6.45, 7) is 4.50. The number of aromatic nitrogens is 1. The number of aldehydes is 1. The maximum atomic E-state index is 11.4. The SMILES string of the molecule is CC(=N)c1c(-c2ccc(Br)cc2)cc(C=O)nc1Nc1ccccc1.CCOC. The Balaban J connectivity index is 0.000000687. The lowest BCUT2D eigenvalue weighted by Crippen LogP contribution is -2.07. The van der Waals surface area contributed by atoms with Crippen LogP contribution in [0.4, 0.5) is 11.5 Å². The number of ether oxygens (including phenoxy) is 1. The monoisotopic (exact) mass is 453 g/mol. The summed E-state index contributed by atoms with van der Waals surface area (Å²) >= 11 is 3.43. The first-order valence-corrected chi connectivity index (χ1v) is 9.92. The molecule has 6 heteroatoms. The van der Waals surface area contributed by atoms with Crippen molar-refractivity contribution < 1.29 is 9.53 Å². The van der Waals surface area contributed by atoms with E-state index in [1.807, 2.05) is 61.5 Å². The number of carbonyl (C=O) groups is 1. The molecule has 0 aliphatic carbocycles. The molecule has 2 aromatic carbocycles. The summed E-state index contributed by atoms with van der Waals surface area (Å²) in [6.07, 6.45) is 0.724. The number of pyridine rings is 1. The van der Waals surface area contributed by atoms with E-state index in [-0.39, 0.29) is 0 Å². The lowest BCUT2D eigenvalue weighted by Gasteiger charge is -2.16. The maximum Gasteiger partial charge on any atom is 0.168 e. The van der Waals surface area contributed by atoms with Crippen LogP contribution in [0.15, 0.2) is 65.1 Å². The molecule has 29 heavy (non-hydrogen) atoms. The molecule has 5 nitrogen and oxygen atoms in total. The third-order valence-electron chi connectivity index (χ3n) is 4.02. The zero-order chi connectivity index (χ0) is 21.2. The van der Waals surface area contributed by atoms with E-state index in [2.05, 4.69) is 31.0 Å². The molecule has 0 aliphatic rings. The fourth-order valence-electron chi connectivity index (χ4n) is 2.61. The average Bonchev–Trinajstić information content (AvgIpc) is 2.74. The molecule has 1 heterocycles. The molecule has 0 atom stereocenters. The summed E-state index contributed by atoms with van der Waals surface area (Å²) < 4.78 is 5.51. The lowest BCUT2D eigenvalue weighted by molar-refractivity contribution is 0.111. The number of nitrogens with zero attached hydrogens (tertiary/aromatic N) is 1. The maximum absolute atomic E-state index is 11.4. The number of nitrogens with one attached hydrogen (secondary N) is 2. The van der Waals surface area contributed by atoms with Gasteiger partial charge in [0, 0.05) is 35.2 Å². The number of hydrogen-bond acceptors (Lipinski definition) is 5. The fourth-order valence-corrected chi connectivity index (χ4v) is 2.87. The second kappa shape index (κ2) is 11.2. The minimum Gasteiger partial charge on any atom is -0.385 e. The molecule has 0 radical (unpaired) electrons. The molecule has 0 saturated heterocycles. The van der Waals surface area contributed by atoms with Crippen molar-refractivity contribution in [2.75, 3.05) is 19.0 Å². The Labute approximate surface area is 179 Å². The van der Waals surface area contributed by atoms with Gasteiger partial charge in [-0.05, 0) is 55.3 Å². The third-order valence-corrected chi connectivity index (χ3v) is 4.54. The Kier molecular flexibility index (Phi) is 8.70. The summed E-state index contributed by atoms with van der Waals surface area (Å²) in [5.74, 6) is 0.501. The minimum atomic E-state index is 0.321. The van der Waals surface area contributed by atoms with Gasteiger partial charge in [0.1, 0.15) is 11.5 Å². The Morgan fingerprint density at radius 3 is 2.31 bits per heavy atom. The standard InChI is InChI=1S/C20H16BrN3O.C3H8O/c1-13(22)19-18(14-7-9-15(21)10-8-14)11-17(12-25)24-20(19)23-16-5-3-2-4-6-16;1-3-4-2/h2-12,22H,1H3,(H,23,24);3H2,1-2H3. The number of benzene rings is 2. The second-order valence-corrected chi connectivity index (χ2v) is 7.05. The van der Waals surface area contributed by atoms with Crippen molar-refractivity contribution in [3.05, 3.63) is 76.4 Å². The van der Waals surface area contributed by atoms with Gasteiger partial charge in [-0.1, -0.05) is 46.3 Å². The molecule has 150 valence electrons. The molecule has 3 aromatic rings. The van der Waals surface area contributed by atoms with Gasteiger partial charge in [-0.15, -0.1) is 0 Å². The van der Waals surface area contributed by atoms with Crippen LogP contribution >= 0.6 is 15.9 Å². The smallest absolute Gasteiger partial charge is 0.168 e. The predicted molar refractivity (Wildman–Crippen MR) is 123 cm³/mol. The third kappa shape index (κ3) is 6.34. The molecule has 0 saturated carbocycles. The van der Waals surface area contributed by atoms with Gasteiger partial charge in [-0.3, -0.25) is 4.79 Å². The summed E-state index contributed by atoms with van der Waals surface area (Å²) in [5.41, 5.74) is 3.95. The van der Waals surface area contributed by atoms with Gasteiger partial charge in [-0.2, -0.15) is 0 Å². The summed E-state index contributed by atoms with van der Waals surface area (Å²) in [4.78, 5) is 15.8. The highest BCUT2D eigenvalue weighted by molar-refractivity contribution is 9.10. The van der Waals surface area contributed by atoms with E-state index in [4.69, 9.17) is 5.41 Å². The Hall–Kier alpha value is -2.83. The zero-order valence-corrected chi connectivity index (χ0v) is 18.3. The van der Waals surface area contributed by atoms with Gasteiger partial charge in [0.05, 0.1) is 0 Å². The van der Waals surface area contributed by atoms with E-state index < -0.39 is 0 Å². The first-order chi connectivity index (χ1) is 14.0. The van der Waals surface area contributed by atoms with Gasteiger partial charge in [0.15, 0.2) is 6.29 Å². The number of hydrogen-bond donors (Lipinski definition) is 2. The molecular weight excluding hydrogens is 430 g/mol. The molecule has 3 rings (SSSR count). The van der Waals surface area contributed by atoms with Crippen LogP contribution < -0.4 is 5.32 Å². The van der Waals surface area contributed by atoms with Crippen LogP contribution in [-0.4, -0.2) is 30.7 Å². The van der Waals surface area contributed by atoms with E-state index in [1.165, 1.54) is 0 Å². The van der Waals surface area contributed by atoms with Crippen LogP contribution in [0.25, 0.3) is 11.1 Å². The first-order valence-electron chi connectivity index (χ1n) is 9.12. The van der Waals surface area contributed by atoms with Gasteiger partial charge in [-0.25, -0.2) is 4.98 Å². The van der Waals surface area contributed by atoms with Crippen molar-refractivity contribution in [1.29, 1.82) is 5.41 Å². The van der Waals surface area contributed by atoms with Crippen molar-refractivity contribution in [3.8, 4) is 11.1 Å². The molecule has 0 spiro atoms. The van der Waals surface area contributed by atoms with Crippen molar-refractivity contribution >= 4 is 39.4 Å². The quantitative estimate of drug-likeness (QED) is 0.348. The highest BCUT2D eigenvalue weighted by Gasteiger charge is 2.16. The molecule has 1 aromatic heterocycles. The Morgan fingerprint density at radius 1 is 1.17 bits per heavy atom. The summed E-state index contributed by atoms with van der Waals surface area (Å²) in [5, 5.41) is 11.5. The molecular formula is C23H24BrN3O2. The summed E-state index contributed by atoms with van der Waals surface area (Å²) in [7, 11) is 1.68. The highest BCUT2D eigenvalue weighted by atomic mass is 79.9. The number of carbonyl (C=O) groups excluding carboxylic acids is 1. The van der Waals surface area contributed by atoms with Crippen LogP contribution in [0.3, 0.4) is 0 Å². The first kappa shape index (κ1) is 22.5. The lowest BCUT2D eigenvalue weighted by atomic mass is 9.97. The van der Waals surface area contributed by atoms with Crippen LogP contribution in [0.2, 0.25) is 0 Å². The number of para-hydroxylation sites is 1. The molecule has 0 aliphatic heterocycles. The van der Waals surface area contributed by atoms with Crippen LogP contribution in [0, 0.1) is 5.41 Å². The number of rotatable bonds is 6. The van der Waals surface area contributed by atoms with E-state index in [0.717, 1.165) is 34.2 Å². The molecule has 0 unspecified atom stereocenters. The largest absolute Gasteiger partial charge is 0.385 e. The van der Waals surface area contributed by atoms with Gasteiger partial charge in [0.2, 0.25) is 0 Å². The number of methoxy groups -OCH3 is 1. The highest BCUT2D eigenvalue weighted by Crippen LogP contribution is 2.31. The van der Waals surface area contributed by atoms with Crippen molar-refractivity contribution in [2.45, 2.75) is 13.8 Å². The topological polar surface area (TPSA) is 75.1 Å². The zero-order valence-electron chi connectivity index (χ0n) is 16.7. The van der Waals surface area contributed by atoms with Crippen molar-refractivity contribution in [3.63, 3.8) is 0 Å². The number of halogens is 1. The van der Waals surface area contributed by atoms with Gasteiger partial charge >= 0.3 is 0 Å². The van der Waals surface area contributed by atoms with E-state index in [1.54, 1.807) is 20.1 Å². The van der Waals surface area contributed by atoms with Gasteiger partial charge in [0.25, 0.3) is 0 Å². The van der Waals surface area contributed by atoms with E-state index >= 15 is 0 Å². The summed E-state index contributed by atoms with van der Waals surface area (Å²) in [6, 6.07) is 19.1. The van der Waals surface area contributed by atoms with Crippen molar-refractivity contribution in [1.82, 2.24) is 4.98 Å². The molecule has 0 fully saturated rings. The number of anilines is 2. The Bertz CT molecular complexity index is 956. The second-order valence-electron chi connectivity index (χ2n) is 6.14. The molecule has 0 bridgehead atoms. The van der Waals surface area contributed by atoms with Crippen molar-refractivity contribution in [2.24, 2.45) is 0 Å². The van der Waals surface area contributed by atoms with E-state index in [9.17, 15) is 4.79 Å².